The molecule has 0 radical (unpaired) electrons. The normalized spacial score (nSPS) is 15.8. The lowest BCUT2D eigenvalue weighted by Gasteiger charge is -2.28. The molecule has 1 saturated heterocycles. The molecule has 0 aliphatic carbocycles. The number of morpholine rings is 1. The van der Waals surface area contributed by atoms with E-state index in [4.69, 9.17) is 25.2 Å². The summed E-state index contributed by atoms with van der Waals surface area (Å²) in [5.41, 5.74) is 8.88. The maximum atomic E-state index is 12.8. The zero-order valence-electron chi connectivity index (χ0n) is 19.9. The number of anilines is 4. The Balaban J connectivity index is 1.55. The highest BCUT2D eigenvalue weighted by atomic mass is 32.2. The van der Waals surface area contributed by atoms with E-state index in [0.717, 1.165) is 28.3 Å². The van der Waals surface area contributed by atoms with Crippen LogP contribution in [0.5, 0.6) is 0 Å². The molecule has 13 heteroatoms. The number of fused-ring (bicyclic) bond motifs is 1. The van der Waals surface area contributed by atoms with Crippen LogP contribution in [0, 0.1) is 0 Å². The number of rotatable bonds is 8. The Kier molecular flexibility index (Phi) is 6.96. The van der Waals surface area contributed by atoms with Gasteiger partial charge in [-0.25, -0.2) is 28.1 Å². The van der Waals surface area contributed by atoms with Crippen molar-refractivity contribution >= 4 is 33.4 Å². The van der Waals surface area contributed by atoms with Crippen molar-refractivity contribution in [3.63, 3.8) is 0 Å². The topological polar surface area (TPSA) is 149 Å². The standard InChI is InChI=1S/C23H28N8O4S/c1-34-10-6-27-36(32,33)18-4-2-3-17(13-18)31-7-5-19-20(16-14-25-22(24)26-15-16)28-23(29-21(19)31)30-8-11-35-12-9-30/h2-4,13-15,27H,5-12H2,1H3,(H2,24,25,26). The molecule has 0 atom stereocenters. The Morgan fingerprint density at radius 3 is 2.67 bits per heavy atom. The molecule has 1 aromatic carbocycles. The summed E-state index contributed by atoms with van der Waals surface area (Å²) in [6, 6.07) is 6.85. The minimum absolute atomic E-state index is 0.180. The number of nitrogens with one attached hydrogen (secondary N) is 1. The summed E-state index contributed by atoms with van der Waals surface area (Å²) >= 11 is 0. The number of nitrogen functional groups attached to an aromatic ring is 1. The van der Waals surface area contributed by atoms with Gasteiger partial charge in [-0.1, -0.05) is 6.07 Å². The summed E-state index contributed by atoms with van der Waals surface area (Å²) < 4.78 is 38.6. The van der Waals surface area contributed by atoms with Gasteiger partial charge < -0.3 is 25.0 Å². The molecule has 2 aliphatic heterocycles. The maximum absolute atomic E-state index is 12.8. The molecular formula is C23H28N8O4S. The first kappa shape index (κ1) is 24.3. The van der Waals surface area contributed by atoms with E-state index in [9.17, 15) is 8.42 Å². The second-order valence-corrected chi connectivity index (χ2v) is 10.2. The predicted molar refractivity (Wildman–Crippen MR) is 135 cm³/mol. The van der Waals surface area contributed by atoms with Gasteiger partial charge in [0.1, 0.15) is 5.82 Å². The molecular weight excluding hydrogens is 484 g/mol. The summed E-state index contributed by atoms with van der Waals surface area (Å²) in [4.78, 5) is 22.4. The molecule has 4 heterocycles. The zero-order valence-corrected chi connectivity index (χ0v) is 20.7. The van der Waals surface area contributed by atoms with Gasteiger partial charge >= 0.3 is 0 Å². The number of sulfonamides is 1. The third-order valence-corrected chi connectivity index (χ3v) is 7.55. The Bertz CT molecular complexity index is 1330. The first-order chi connectivity index (χ1) is 17.5. The van der Waals surface area contributed by atoms with Gasteiger partial charge in [-0.3, -0.25) is 0 Å². The van der Waals surface area contributed by atoms with Gasteiger partial charge in [-0.05, 0) is 24.6 Å². The molecule has 0 amide bonds. The summed E-state index contributed by atoms with van der Waals surface area (Å²) in [6.07, 6.45) is 4.01. The van der Waals surface area contributed by atoms with Crippen molar-refractivity contribution in [2.75, 3.05) is 68.6 Å². The maximum Gasteiger partial charge on any atom is 0.240 e. The Morgan fingerprint density at radius 1 is 1.14 bits per heavy atom. The van der Waals surface area contributed by atoms with Crippen LogP contribution in [0.3, 0.4) is 0 Å². The van der Waals surface area contributed by atoms with E-state index in [1.807, 2.05) is 11.0 Å². The highest BCUT2D eigenvalue weighted by Gasteiger charge is 2.30. The quantitative estimate of drug-likeness (QED) is 0.416. The third kappa shape index (κ3) is 4.95. The van der Waals surface area contributed by atoms with Crippen molar-refractivity contribution in [2.24, 2.45) is 0 Å². The van der Waals surface area contributed by atoms with Gasteiger partial charge in [0.05, 0.1) is 30.4 Å². The molecule has 1 fully saturated rings. The molecule has 2 aliphatic rings. The number of aromatic nitrogens is 4. The van der Waals surface area contributed by atoms with Crippen LogP contribution in [0.4, 0.5) is 23.4 Å². The van der Waals surface area contributed by atoms with Crippen LogP contribution in [0.2, 0.25) is 0 Å². The van der Waals surface area contributed by atoms with E-state index in [1.165, 1.54) is 7.11 Å². The van der Waals surface area contributed by atoms with Gasteiger partial charge in [-0.2, -0.15) is 4.98 Å². The van der Waals surface area contributed by atoms with Crippen molar-refractivity contribution in [1.29, 1.82) is 0 Å². The van der Waals surface area contributed by atoms with Crippen LogP contribution >= 0.6 is 0 Å². The van der Waals surface area contributed by atoms with Gasteiger partial charge in [0, 0.05) is 62.5 Å². The molecule has 2 aromatic heterocycles. The number of hydrogen-bond donors (Lipinski definition) is 2. The number of ether oxygens (including phenoxy) is 2. The summed E-state index contributed by atoms with van der Waals surface area (Å²) in [6.45, 7) is 3.66. The summed E-state index contributed by atoms with van der Waals surface area (Å²) in [5.74, 6) is 1.51. The fourth-order valence-electron chi connectivity index (χ4n) is 4.28. The molecule has 0 bridgehead atoms. The van der Waals surface area contributed by atoms with Crippen molar-refractivity contribution in [2.45, 2.75) is 11.3 Å². The fourth-order valence-corrected chi connectivity index (χ4v) is 5.33. The SMILES string of the molecule is COCCNS(=O)(=O)c1cccc(N2CCc3c(-c4cnc(N)nc4)nc(N4CCOCC4)nc32)c1. The predicted octanol–water partition coefficient (Wildman–Crippen LogP) is 0.971. The van der Waals surface area contributed by atoms with Crippen LogP contribution in [0.25, 0.3) is 11.3 Å². The number of nitrogens with two attached hydrogens (primary N) is 1. The van der Waals surface area contributed by atoms with Gasteiger partial charge in [0.2, 0.25) is 21.9 Å². The molecule has 36 heavy (non-hydrogen) atoms. The molecule has 0 spiro atoms. The van der Waals surface area contributed by atoms with Crippen LogP contribution in [0.15, 0.2) is 41.6 Å². The largest absolute Gasteiger partial charge is 0.383 e. The van der Waals surface area contributed by atoms with E-state index in [1.54, 1.807) is 30.6 Å². The van der Waals surface area contributed by atoms with Crippen molar-refractivity contribution in [3.8, 4) is 11.3 Å². The Labute approximate surface area is 209 Å². The van der Waals surface area contributed by atoms with Crippen molar-refractivity contribution in [1.82, 2.24) is 24.7 Å². The highest BCUT2D eigenvalue weighted by Crippen LogP contribution is 2.39. The van der Waals surface area contributed by atoms with Crippen LogP contribution < -0.4 is 20.3 Å². The molecule has 0 unspecified atom stereocenters. The molecule has 190 valence electrons. The van der Waals surface area contributed by atoms with Crippen molar-refractivity contribution in [3.05, 3.63) is 42.2 Å². The second kappa shape index (κ2) is 10.3. The molecule has 12 nitrogen and oxygen atoms in total. The molecule has 5 rings (SSSR count). The zero-order chi connectivity index (χ0) is 25.1. The van der Waals surface area contributed by atoms with Crippen LogP contribution in [-0.4, -0.2) is 81.5 Å². The summed E-state index contributed by atoms with van der Waals surface area (Å²) in [5, 5.41) is 0. The highest BCUT2D eigenvalue weighted by molar-refractivity contribution is 7.89. The third-order valence-electron chi connectivity index (χ3n) is 6.09. The van der Waals surface area contributed by atoms with E-state index in [-0.39, 0.29) is 24.0 Å². The molecule has 3 aromatic rings. The monoisotopic (exact) mass is 512 g/mol. The second-order valence-electron chi connectivity index (χ2n) is 8.39. The average Bonchev–Trinajstić information content (AvgIpc) is 3.33. The minimum atomic E-state index is -3.68. The van der Waals surface area contributed by atoms with Crippen molar-refractivity contribution < 1.29 is 17.9 Å². The van der Waals surface area contributed by atoms with Crippen LogP contribution in [0.1, 0.15) is 5.56 Å². The first-order valence-electron chi connectivity index (χ1n) is 11.6. The lowest BCUT2D eigenvalue weighted by Crippen LogP contribution is -2.37. The number of nitrogens with zero attached hydrogens (tertiary/aromatic N) is 6. The lowest BCUT2D eigenvalue weighted by atomic mass is 10.1. The smallest absolute Gasteiger partial charge is 0.240 e. The first-order valence-corrected chi connectivity index (χ1v) is 13.1. The lowest BCUT2D eigenvalue weighted by molar-refractivity contribution is 0.122. The van der Waals surface area contributed by atoms with E-state index >= 15 is 0 Å². The van der Waals surface area contributed by atoms with E-state index in [2.05, 4.69) is 19.6 Å². The van der Waals surface area contributed by atoms with Crippen LogP contribution in [-0.2, 0) is 25.9 Å². The average molecular weight is 513 g/mol. The number of benzene rings is 1. The van der Waals surface area contributed by atoms with Gasteiger partial charge in [0.25, 0.3) is 0 Å². The Hall–Kier alpha value is -3.39. The van der Waals surface area contributed by atoms with E-state index in [0.29, 0.717) is 45.2 Å². The molecule has 3 N–H and O–H groups in total. The van der Waals surface area contributed by atoms with Gasteiger partial charge in [0.15, 0.2) is 0 Å². The van der Waals surface area contributed by atoms with Gasteiger partial charge in [-0.15, -0.1) is 0 Å². The Morgan fingerprint density at radius 2 is 1.92 bits per heavy atom. The van der Waals surface area contributed by atoms with E-state index < -0.39 is 10.0 Å². The molecule has 0 saturated carbocycles. The number of methoxy groups -OCH3 is 1. The summed E-state index contributed by atoms with van der Waals surface area (Å²) in [7, 11) is -2.16. The minimum Gasteiger partial charge on any atom is -0.383 e. The fraction of sp³-hybridized carbons (Fsp3) is 0.391. The number of hydrogen-bond acceptors (Lipinski definition) is 11.